The Balaban J connectivity index is 1.77. The number of likely N-dealkylation sites (tertiary alicyclic amines) is 1. The molecule has 1 heterocycles. The van der Waals surface area contributed by atoms with Crippen molar-refractivity contribution in [2.45, 2.75) is 64.2 Å². The van der Waals surface area contributed by atoms with E-state index < -0.39 is 47.1 Å². The van der Waals surface area contributed by atoms with Gasteiger partial charge in [0.1, 0.15) is 11.6 Å². The number of benzene rings is 2. The van der Waals surface area contributed by atoms with Gasteiger partial charge in [0.15, 0.2) is 0 Å². The van der Waals surface area contributed by atoms with Gasteiger partial charge in [-0.3, -0.25) is 9.69 Å². The van der Waals surface area contributed by atoms with Crippen molar-refractivity contribution in [1.82, 2.24) is 10.2 Å². The Morgan fingerprint density at radius 2 is 1.56 bits per heavy atom. The summed E-state index contributed by atoms with van der Waals surface area (Å²) >= 11 is 0. The number of nitrogens with zero attached hydrogens (tertiary/aromatic N) is 1. The van der Waals surface area contributed by atoms with Crippen molar-refractivity contribution < 1.29 is 40.7 Å². The maximum absolute atomic E-state index is 13.2. The number of ether oxygens (including phenoxy) is 1. The van der Waals surface area contributed by atoms with E-state index in [1.807, 2.05) is 0 Å². The molecule has 0 aliphatic carbocycles. The normalized spacial score (nSPS) is 16.7. The number of halogens is 6. The Kier molecular flexibility index (Phi) is 7.61. The molecule has 2 aromatic carbocycles. The lowest BCUT2D eigenvalue weighted by Crippen LogP contribution is -2.47. The zero-order valence-electron chi connectivity index (χ0n) is 19.9. The second kappa shape index (κ2) is 10.0. The Morgan fingerprint density at radius 3 is 2.11 bits per heavy atom. The summed E-state index contributed by atoms with van der Waals surface area (Å²) in [5.41, 5.74) is -3.19. The Labute approximate surface area is 204 Å². The molecule has 0 spiro atoms. The van der Waals surface area contributed by atoms with Crippen LogP contribution >= 0.6 is 0 Å². The van der Waals surface area contributed by atoms with Crippen LogP contribution in [0.4, 0.5) is 31.1 Å². The van der Waals surface area contributed by atoms with Gasteiger partial charge in [-0.05, 0) is 74.6 Å². The lowest BCUT2D eigenvalue weighted by Gasteiger charge is -2.28. The van der Waals surface area contributed by atoms with Crippen LogP contribution in [0.2, 0.25) is 0 Å². The van der Waals surface area contributed by atoms with Crippen molar-refractivity contribution in [3.05, 3.63) is 59.2 Å². The molecule has 0 aromatic heterocycles. The van der Waals surface area contributed by atoms with Gasteiger partial charge in [-0.1, -0.05) is 18.2 Å². The Bertz CT molecular complexity index is 1090. The standard InChI is InChI=1S/C25H26F6N2O3/c1-23(2,3)36-22(35)33-9-5-8-20(33)21(34)32-14-15-6-4-7-16(10-15)17-11-18(24(26,27)28)13-19(12-17)25(29,30)31/h4,6-7,10-13,20H,5,8-9,14H2,1-3H3,(H,32,34)/t20-/m0/s1. The fourth-order valence-electron chi connectivity index (χ4n) is 3.87. The van der Waals surface area contributed by atoms with Gasteiger partial charge in [0.2, 0.25) is 5.91 Å². The molecule has 3 rings (SSSR count). The molecule has 1 saturated heterocycles. The molecule has 2 amide bonds. The SMILES string of the molecule is CC(C)(C)OC(=O)N1CCC[C@H]1C(=O)NCc1cccc(-c2cc(C(F)(F)F)cc(C(F)(F)F)c2)c1. The van der Waals surface area contributed by atoms with Crippen LogP contribution in [0, 0.1) is 0 Å². The summed E-state index contributed by atoms with van der Waals surface area (Å²) in [5, 5.41) is 2.69. The van der Waals surface area contributed by atoms with E-state index in [0.717, 1.165) is 0 Å². The summed E-state index contributed by atoms with van der Waals surface area (Å²) in [6, 6.07) is 6.52. The average Bonchev–Trinajstić information content (AvgIpc) is 3.25. The first-order chi connectivity index (χ1) is 16.5. The maximum Gasteiger partial charge on any atom is 0.416 e. The predicted molar refractivity (Wildman–Crippen MR) is 120 cm³/mol. The molecule has 0 radical (unpaired) electrons. The summed E-state index contributed by atoms with van der Waals surface area (Å²) in [4.78, 5) is 26.5. The highest BCUT2D eigenvalue weighted by molar-refractivity contribution is 5.86. The van der Waals surface area contributed by atoms with Gasteiger partial charge in [0.05, 0.1) is 11.1 Å². The first kappa shape index (κ1) is 27.3. The molecule has 2 aromatic rings. The quantitative estimate of drug-likeness (QED) is 0.478. The molecule has 1 aliphatic heterocycles. The molecular formula is C25H26F6N2O3. The topological polar surface area (TPSA) is 58.6 Å². The predicted octanol–water partition coefficient (Wildman–Crippen LogP) is 6.41. The highest BCUT2D eigenvalue weighted by Crippen LogP contribution is 2.38. The van der Waals surface area contributed by atoms with Crippen LogP contribution in [0.15, 0.2) is 42.5 Å². The van der Waals surface area contributed by atoms with Crippen molar-refractivity contribution >= 4 is 12.0 Å². The van der Waals surface area contributed by atoms with Crippen molar-refractivity contribution in [3.8, 4) is 11.1 Å². The van der Waals surface area contributed by atoms with Crippen LogP contribution in [0.1, 0.15) is 50.3 Å². The Morgan fingerprint density at radius 1 is 0.944 bits per heavy atom. The largest absolute Gasteiger partial charge is 0.444 e. The fourth-order valence-corrected chi connectivity index (χ4v) is 3.87. The number of carbonyl (C=O) groups is 2. The van der Waals surface area contributed by atoms with E-state index in [1.54, 1.807) is 26.8 Å². The van der Waals surface area contributed by atoms with E-state index in [2.05, 4.69) is 5.32 Å². The van der Waals surface area contributed by atoms with E-state index in [4.69, 9.17) is 4.74 Å². The number of carbonyl (C=O) groups excluding carboxylic acids is 2. The molecule has 11 heteroatoms. The van der Waals surface area contributed by atoms with Crippen LogP contribution in [0.25, 0.3) is 11.1 Å². The van der Waals surface area contributed by atoms with Crippen LogP contribution in [-0.2, 0) is 28.4 Å². The van der Waals surface area contributed by atoms with Gasteiger partial charge in [-0.15, -0.1) is 0 Å². The van der Waals surface area contributed by atoms with E-state index in [0.29, 0.717) is 37.1 Å². The molecule has 1 aliphatic rings. The van der Waals surface area contributed by atoms with Crippen LogP contribution < -0.4 is 5.32 Å². The first-order valence-corrected chi connectivity index (χ1v) is 11.2. The van der Waals surface area contributed by atoms with Crippen molar-refractivity contribution in [1.29, 1.82) is 0 Å². The second-order valence-corrected chi connectivity index (χ2v) is 9.54. The lowest BCUT2D eigenvalue weighted by atomic mass is 9.97. The zero-order valence-corrected chi connectivity index (χ0v) is 19.9. The maximum atomic E-state index is 13.2. The third-order valence-electron chi connectivity index (χ3n) is 5.50. The van der Waals surface area contributed by atoms with Crippen LogP contribution in [0.3, 0.4) is 0 Å². The smallest absolute Gasteiger partial charge is 0.416 e. The number of hydrogen-bond acceptors (Lipinski definition) is 3. The molecule has 0 saturated carbocycles. The summed E-state index contributed by atoms with van der Waals surface area (Å²) in [7, 11) is 0. The van der Waals surface area contributed by atoms with Crippen LogP contribution in [0.5, 0.6) is 0 Å². The van der Waals surface area contributed by atoms with E-state index in [-0.39, 0.29) is 23.7 Å². The number of rotatable bonds is 4. The van der Waals surface area contributed by atoms with E-state index in [9.17, 15) is 35.9 Å². The molecule has 1 N–H and O–H groups in total. The van der Waals surface area contributed by atoms with Gasteiger partial charge in [-0.25, -0.2) is 4.79 Å². The summed E-state index contributed by atoms with van der Waals surface area (Å²) in [6.07, 6.45) is -9.46. The molecule has 0 bridgehead atoms. The van der Waals surface area contributed by atoms with Crippen molar-refractivity contribution in [2.24, 2.45) is 0 Å². The molecule has 1 atom stereocenters. The number of amides is 2. The molecule has 5 nitrogen and oxygen atoms in total. The Hall–Kier alpha value is -3.24. The number of hydrogen-bond donors (Lipinski definition) is 1. The zero-order chi connectivity index (χ0) is 26.9. The molecule has 1 fully saturated rings. The van der Waals surface area contributed by atoms with Crippen molar-refractivity contribution in [2.75, 3.05) is 6.54 Å². The van der Waals surface area contributed by atoms with Crippen LogP contribution in [-0.4, -0.2) is 35.1 Å². The van der Waals surface area contributed by atoms with Gasteiger partial charge in [-0.2, -0.15) is 26.3 Å². The minimum absolute atomic E-state index is 0.0313. The number of alkyl halides is 6. The second-order valence-electron chi connectivity index (χ2n) is 9.54. The van der Waals surface area contributed by atoms with E-state index >= 15 is 0 Å². The van der Waals surface area contributed by atoms with Gasteiger partial charge in [0.25, 0.3) is 0 Å². The van der Waals surface area contributed by atoms with Gasteiger partial charge in [0, 0.05) is 13.1 Å². The molecule has 196 valence electrons. The third-order valence-corrected chi connectivity index (χ3v) is 5.50. The average molecular weight is 516 g/mol. The van der Waals surface area contributed by atoms with Crippen molar-refractivity contribution in [3.63, 3.8) is 0 Å². The monoisotopic (exact) mass is 516 g/mol. The van der Waals surface area contributed by atoms with Gasteiger partial charge >= 0.3 is 18.4 Å². The van der Waals surface area contributed by atoms with Gasteiger partial charge < -0.3 is 10.1 Å². The lowest BCUT2D eigenvalue weighted by molar-refractivity contribution is -0.143. The first-order valence-electron chi connectivity index (χ1n) is 11.2. The number of nitrogens with one attached hydrogen (secondary N) is 1. The molecular weight excluding hydrogens is 490 g/mol. The highest BCUT2D eigenvalue weighted by Gasteiger charge is 2.38. The molecule has 36 heavy (non-hydrogen) atoms. The summed E-state index contributed by atoms with van der Waals surface area (Å²) < 4.78 is 84.6. The highest BCUT2D eigenvalue weighted by atomic mass is 19.4. The fraction of sp³-hybridized carbons (Fsp3) is 0.440. The summed E-state index contributed by atoms with van der Waals surface area (Å²) in [6.45, 7) is 5.47. The minimum Gasteiger partial charge on any atom is -0.444 e. The van der Waals surface area contributed by atoms with E-state index in [1.165, 1.54) is 23.1 Å². The minimum atomic E-state index is -4.96. The summed E-state index contributed by atoms with van der Waals surface area (Å²) in [5.74, 6) is -0.429. The molecule has 0 unspecified atom stereocenters. The third kappa shape index (κ3) is 6.92.